The number of hydrogen-bond donors (Lipinski definition) is 2. The number of nitro groups is 1. The molecule has 0 unspecified atom stereocenters. The summed E-state index contributed by atoms with van der Waals surface area (Å²) in [6.07, 6.45) is 1.30. The summed E-state index contributed by atoms with van der Waals surface area (Å²) >= 11 is 0. The second-order valence-electron chi connectivity index (χ2n) is 3.30. The normalized spacial score (nSPS) is 10.4. The van der Waals surface area contributed by atoms with Gasteiger partial charge in [-0.3, -0.25) is 14.9 Å². The van der Waals surface area contributed by atoms with Gasteiger partial charge in [0.2, 0.25) is 0 Å². The molecule has 0 radical (unpaired) electrons. The first-order valence-electron chi connectivity index (χ1n) is 4.62. The van der Waals surface area contributed by atoms with Crippen LogP contribution in [-0.4, -0.2) is 22.1 Å². The van der Waals surface area contributed by atoms with Crippen LogP contribution in [0.1, 0.15) is 0 Å². The van der Waals surface area contributed by atoms with Gasteiger partial charge in [-0.2, -0.15) is 0 Å². The SMILES string of the molecule is COc1cc([N+](=O)[O-])c2c(=O)[nH]ccc2c1O. The number of aromatic nitrogens is 1. The molecule has 1 aromatic heterocycles. The molecule has 1 heterocycles. The van der Waals surface area contributed by atoms with Crippen LogP contribution in [0.15, 0.2) is 23.1 Å². The van der Waals surface area contributed by atoms with Crippen molar-refractivity contribution in [3.05, 3.63) is 38.8 Å². The molecule has 7 heteroatoms. The molecular formula is C10H8N2O5. The van der Waals surface area contributed by atoms with Gasteiger partial charge < -0.3 is 14.8 Å². The maximum Gasteiger partial charge on any atom is 0.286 e. The molecule has 0 aliphatic rings. The minimum atomic E-state index is -0.695. The van der Waals surface area contributed by atoms with E-state index in [0.29, 0.717) is 0 Å². The molecule has 0 aliphatic heterocycles. The largest absolute Gasteiger partial charge is 0.504 e. The zero-order valence-corrected chi connectivity index (χ0v) is 8.76. The second kappa shape index (κ2) is 3.78. The van der Waals surface area contributed by atoms with Gasteiger partial charge in [-0.05, 0) is 6.07 Å². The lowest BCUT2D eigenvalue weighted by atomic mass is 10.1. The number of nitro benzene ring substituents is 1. The minimum Gasteiger partial charge on any atom is -0.504 e. The number of ether oxygens (including phenoxy) is 1. The van der Waals surface area contributed by atoms with Crippen molar-refractivity contribution < 1.29 is 14.8 Å². The van der Waals surface area contributed by atoms with Gasteiger partial charge in [0.25, 0.3) is 11.2 Å². The minimum absolute atomic E-state index is 0.0465. The fourth-order valence-corrected chi connectivity index (χ4v) is 1.63. The van der Waals surface area contributed by atoms with Crippen molar-refractivity contribution in [2.75, 3.05) is 7.11 Å². The topological polar surface area (TPSA) is 105 Å². The quantitative estimate of drug-likeness (QED) is 0.601. The first-order valence-corrected chi connectivity index (χ1v) is 4.62. The number of H-pyrrole nitrogens is 1. The molecule has 2 rings (SSSR count). The molecule has 0 atom stereocenters. The molecule has 0 saturated heterocycles. The lowest BCUT2D eigenvalue weighted by Crippen LogP contribution is -2.07. The Balaban J connectivity index is 3.03. The lowest BCUT2D eigenvalue weighted by molar-refractivity contribution is -0.383. The number of phenols is 1. The number of fused-ring (bicyclic) bond motifs is 1. The van der Waals surface area contributed by atoms with Crippen LogP contribution in [-0.2, 0) is 0 Å². The highest BCUT2D eigenvalue weighted by Crippen LogP contribution is 2.38. The van der Waals surface area contributed by atoms with Crippen LogP contribution in [0.5, 0.6) is 11.5 Å². The van der Waals surface area contributed by atoms with Crippen molar-refractivity contribution in [1.82, 2.24) is 4.98 Å². The van der Waals surface area contributed by atoms with Crippen LogP contribution >= 0.6 is 0 Å². The number of hydrogen-bond acceptors (Lipinski definition) is 5. The number of phenolic OH excluding ortho intramolecular Hbond substituents is 1. The van der Waals surface area contributed by atoms with E-state index < -0.39 is 16.2 Å². The fraction of sp³-hybridized carbons (Fsp3) is 0.100. The van der Waals surface area contributed by atoms with Gasteiger partial charge in [-0.15, -0.1) is 0 Å². The Morgan fingerprint density at radius 3 is 2.82 bits per heavy atom. The van der Waals surface area contributed by atoms with Gasteiger partial charge in [-0.25, -0.2) is 0 Å². The van der Waals surface area contributed by atoms with Crippen LogP contribution in [0.3, 0.4) is 0 Å². The molecule has 2 N–H and O–H groups in total. The fourth-order valence-electron chi connectivity index (χ4n) is 1.63. The molecule has 0 spiro atoms. The smallest absolute Gasteiger partial charge is 0.286 e. The monoisotopic (exact) mass is 236 g/mol. The van der Waals surface area contributed by atoms with Crippen molar-refractivity contribution in [3.8, 4) is 11.5 Å². The van der Waals surface area contributed by atoms with Crippen molar-refractivity contribution in [1.29, 1.82) is 0 Å². The summed E-state index contributed by atoms with van der Waals surface area (Å²) in [5, 5.41) is 20.6. The number of nitrogens with one attached hydrogen (secondary N) is 1. The van der Waals surface area contributed by atoms with Crippen molar-refractivity contribution in [3.63, 3.8) is 0 Å². The first kappa shape index (κ1) is 10.9. The van der Waals surface area contributed by atoms with Crippen LogP contribution < -0.4 is 10.3 Å². The van der Waals surface area contributed by atoms with Crippen molar-refractivity contribution in [2.24, 2.45) is 0 Å². The summed E-state index contributed by atoms with van der Waals surface area (Å²) in [7, 11) is 1.28. The van der Waals surface area contributed by atoms with E-state index in [1.807, 2.05) is 0 Å². The highest BCUT2D eigenvalue weighted by molar-refractivity contribution is 5.96. The molecule has 88 valence electrons. The van der Waals surface area contributed by atoms with Crippen LogP contribution in [0, 0.1) is 10.1 Å². The van der Waals surface area contributed by atoms with Gasteiger partial charge in [0.1, 0.15) is 5.39 Å². The van der Waals surface area contributed by atoms with Gasteiger partial charge in [0.15, 0.2) is 11.5 Å². The van der Waals surface area contributed by atoms with Gasteiger partial charge >= 0.3 is 0 Å². The highest BCUT2D eigenvalue weighted by Gasteiger charge is 2.21. The number of nitrogens with zero attached hydrogens (tertiary/aromatic N) is 1. The Morgan fingerprint density at radius 1 is 1.53 bits per heavy atom. The molecule has 0 aliphatic carbocycles. The molecule has 2 aromatic rings. The Hall–Kier alpha value is -2.57. The Kier molecular flexibility index (Phi) is 2.43. The number of aromatic amines is 1. The molecule has 0 bridgehead atoms. The summed E-state index contributed by atoms with van der Waals surface area (Å²) in [5.41, 5.74) is -1.04. The number of benzene rings is 1. The Bertz CT molecular complexity index is 662. The average molecular weight is 236 g/mol. The molecule has 17 heavy (non-hydrogen) atoms. The number of non-ortho nitro benzene ring substituents is 1. The number of rotatable bonds is 2. The number of methoxy groups -OCH3 is 1. The van der Waals surface area contributed by atoms with Crippen LogP contribution in [0.2, 0.25) is 0 Å². The Morgan fingerprint density at radius 2 is 2.24 bits per heavy atom. The van der Waals surface area contributed by atoms with Crippen LogP contribution in [0.25, 0.3) is 10.8 Å². The summed E-state index contributed by atoms with van der Waals surface area (Å²) < 4.78 is 4.82. The van der Waals surface area contributed by atoms with E-state index in [2.05, 4.69) is 4.98 Å². The molecule has 0 fully saturated rings. The summed E-state index contributed by atoms with van der Waals surface area (Å²) in [6.45, 7) is 0. The molecule has 1 aromatic carbocycles. The summed E-state index contributed by atoms with van der Waals surface area (Å²) in [6, 6.07) is 2.40. The third-order valence-corrected chi connectivity index (χ3v) is 2.39. The molecule has 7 nitrogen and oxygen atoms in total. The maximum absolute atomic E-state index is 11.5. The number of pyridine rings is 1. The predicted molar refractivity (Wildman–Crippen MR) is 59.4 cm³/mol. The Labute approximate surface area is 94.4 Å². The standard InChI is InChI=1S/C10H8N2O5/c1-17-7-4-6(12(15)16)8-5(9(7)13)2-3-11-10(8)14/h2-4,13H,1H3,(H,11,14). The van der Waals surface area contributed by atoms with E-state index >= 15 is 0 Å². The highest BCUT2D eigenvalue weighted by atomic mass is 16.6. The third kappa shape index (κ3) is 1.57. The maximum atomic E-state index is 11.5. The van der Waals surface area contributed by atoms with Crippen molar-refractivity contribution >= 4 is 16.5 Å². The zero-order chi connectivity index (χ0) is 12.6. The van der Waals surface area contributed by atoms with Crippen LogP contribution in [0.4, 0.5) is 5.69 Å². The lowest BCUT2D eigenvalue weighted by Gasteiger charge is -2.06. The third-order valence-electron chi connectivity index (χ3n) is 2.39. The predicted octanol–water partition coefficient (Wildman–Crippen LogP) is 1.15. The summed E-state index contributed by atoms with van der Waals surface area (Å²) in [5.74, 6) is -0.339. The van der Waals surface area contributed by atoms with E-state index in [1.54, 1.807) is 0 Å². The van der Waals surface area contributed by atoms with E-state index in [1.165, 1.54) is 19.4 Å². The zero-order valence-electron chi connectivity index (χ0n) is 8.76. The van der Waals surface area contributed by atoms with E-state index in [9.17, 15) is 20.0 Å². The second-order valence-corrected chi connectivity index (χ2v) is 3.30. The molecule has 0 amide bonds. The van der Waals surface area contributed by atoms with E-state index in [-0.39, 0.29) is 22.3 Å². The van der Waals surface area contributed by atoms with Gasteiger partial charge in [0, 0.05) is 11.6 Å². The van der Waals surface area contributed by atoms with E-state index in [4.69, 9.17) is 4.74 Å². The van der Waals surface area contributed by atoms with Gasteiger partial charge in [0.05, 0.1) is 18.1 Å². The van der Waals surface area contributed by atoms with E-state index in [0.717, 1.165) is 6.07 Å². The van der Waals surface area contributed by atoms with Gasteiger partial charge in [-0.1, -0.05) is 0 Å². The molecule has 0 saturated carbocycles. The first-order chi connectivity index (χ1) is 8.06. The molecular weight excluding hydrogens is 228 g/mol. The average Bonchev–Trinajstić information content (AvgIpc) is 2.30. The number of aromatic hydroxyl groups is 1. The van der Waals surface area contributed by atoms with Crippen molar-refractivity contribution in [2.45, 2.75) is 0 Å². The summed E-state index contributed by atoms with van der Waals surface area (Å²) in [4.78, 5) is 24.0.